The predicted molar refractivity (Wildman–Crippen MR) is 129 cm³/mol. The molecule has 7 heteroatoms. The molecule has 0 saturated carbocycles. The van der Waals surface area contributed by atoms with E-state index in [1.807, 2.05) is 36.4 Å². The van der Waals surface area contributed by atoms with Crippen LogP contribution in [0.3, 0.4) is 0 Å². The van der Waals surface area contributed by atoms with Crippen LogP contribution in [-0.4, -0.2) is 62.4 Å². The molecule has 1 aliphatic heterocycles. The molecule has 1 N–H and O–H groups in total. The first-order valence-corrected chi connectivity index (χ1v) is 11.4. The number of hydrogen-bond acceptors (Lipinski definition) is 5. The van der Waals surface area contributed by atoms with Crippen molar-refractivity contribution in [1.29, 1.82) is 0 Å². The molecule has 0 aliphatic carbocycles. The molecule has 1 aliphatic rings. The van der Waals surface area contributed by atoms with E-state index in [0.717, 1.165) is 54.9 Å². The number of nitrogens with zero attached hydrogens (tertiary/aromatic N) is 2. The lowest BCUT2D eigenvalue weighted by Crippen LogP contribution is -2.44. The molecule has 0 radical (unpaired) electrons. The second-order valence-corrected chi connectivity index (χ2v) is 8.45. The highest BCUT2D eigenvalue weighted by Gasteiger charge is 2.23. The van der Waals surface area contributed by atoms with Crippen LogP contribution >= 0.6 is 0 Å². The minimum atomic E-state index is -0.0133. The molecule has 1 aromatic heterocycles. The summed E-state index contributed by atoms with van der Waals surface area (Å²) in [5, 5.41) is 4.34. The fourth-order valence-electron chi connectivity index (χ4n) is 4.55. The number of hydrogen-bond donors (Lipinski definition) is 1. The zero-order valence-electron chi connectivity index (χ0n) is 19.7. The molecule has 1 amide bonds. The molecule has 33 heavy (non-hydrogen) atoms. The lowest BCUT2D eigenvalue weighted by Gasteiger charge is -2.32. The summed E-state index contributed by atoms with van der Waals surface area (Å²) < 4.78 is 18.1. The van der Waals surface area contributed by atoms with E-state index in [-0.39, 0.29) is 11.9 Å². The summed E-state index contributed by atoms with van der Waals surface area (Å²) in [7, 11) is 4.99. The number of rotatable bonds is 9. The predicted octanol–water partition coefficient (Wildman–Crippen LogP) is 3.70. The third kappa shape index (κ3) is 5.31. The highest BCUT2D eigenvalue weighted by Crippen LogP contribution is 2.28. The molecule has 1 saturated heterocycles. The number of carbonyl (C=O) groups excluding carboxylic acids is 1. The van der Waals surface area contributed by atoms with E-state index in [1.54, 1.807) is 21.3 Å². The maximum Gasteiger partial charge on any atom is 0.268 e. The molecular formula is C26H33N3O4. The molecule has 0 spiro atoms. The van der Waals surface area contributed by atoms with Crippen molar-refractivity contribution in [3.63, 3.8) is 0 Å². The van der Waals surface area contributed by atoms with Crippen molar-refractivity contribution in [2.24, 2.45) is 0 Å². The van der Waals surface area contributed by atoms with Crippen molar-refractivity contribution in [1.82, 2.24) is 14.8 Å². The van der Waals surface area contributed by atoms with Gasteiger partial charge in [-0.3, -0.25) is 9.69 Å². The SMILES string of the molecule is COCCn1c(C(=O)NC2CCN(Cc3ccc(OC)c(OC)c3)CC2)cc2ccccc21. The first-order valence-electron chi connectivity index (χ1n) is 11.4. The highest BCUT2D eigenvalue weighted by molar-refractivity contribution is 5.98. The molecule has 4 rings (SSSR count). The van der Waals surface area contributed by atoms with Gasteiger partial charge < -0.3 is 24.1 Å². The highest BCUT2D eigenvalue weighted by atomic mass is 16.5. The number of para-hydroxylation sites is 1. The monoisotopic (exact) mass is 451 g/mol. The Morgan fingerprint density at radius 1 is 1.00 bits per heavy atom. The third-order valence-corrected chi connectivity index (χ3v) is 6.34. The summed E-state index contributed by atoms with van der Waals surface area (Å²) in [6.07, 6.45) is 1.86. The van der Waals surface area contributed by atoms with E-state index in [1.165, 1.54) is 5.56 Å². The van der Waals surface area contributed by atoms with Crippen LogP contribution in [0.4, 0.5) is 0 Å². The van der Waals surface area contributed by atoms with Crippen LogP contribution in [0.2, 0.25) is 0 Å². The minimum absolute atomic E-state index is 0.0133. The van der Waals surface area contributed by atoms with E-state index in [2.05, 4.69) is 26.9 Å². The Balaban J connectivity index is 1.36. The number of ether oxygens (including phenoxy) is 3. The van der Waals surface area contributed by atoms with Gasteiger partial charge in [0.1, 0.15) is 5.69 Å². The minimum Gasteiger partial charge on any atom is -0.493 e. The summed E-state index contributed by atoms with van der Waals surface area (Å²) in [6.45, 7) is 3.94. The number of benzene rings is 2. The van der Waals surface area contributed by atoms with Gasteiger partial charge in [-0.15, -0.1) is 0 Å². The Morgan fingerprint density at radius 3 is 2.48 bits per heavy atom. The number of carbonyl (C=O) groups is 1. The standard InChI is InChI=1S/C26H33N3O4/c1-31-15-14-29-22-7-5-4-6-20(22)17-23(29)26(30)27-21-10-12-28(13-11-21)18-19-8-9-24(32-2)25(16-19)33-3/h4-9,16-17,21H,10-15,18H2,1-3H3,(H,27,30). The molecule has 0 atom stereocenters. The molecule has 3 aromatic rings. The van der Waals surface area contributed by atoms with E-state index in [4.69, 9.17) is 14.2 Å². The van der Waals surface area contributed by atoms with Gasteiger partial charge in [-0.25, -0.2) is 0 Å². The number of methoxy groups -OCH3 is 3. The summed E-state index contributed by atoms with van der Waals surface area (Å²) in [4.78, 5) is 15.6. The summed E-state index contributed by atoms with van der Waals surface area (Å²) in [5.41, 5.74) is 2.95. The largest absolute Gasteiger partial charge is 0.493 e. The Hall–Kier alpha value is -3.03. The number of piperidine rings is 1. The lowest BCUT2D eigenvalue weighted by atomic mass is 10.0. The third-order valence-electron chi connectivity index (χ3n) is 6.34. The molecule has 1 fully saturated rings. The van der Waals surface area contributed by atoms with Crippen LogP contribution in [0, 0.1) is 0 Å². The van der Waals surface area contributed by atoms with Crippen LogP contribution in [0.1, 0.15) is 28.9 Å². The maximum atomic E-state index is 13.2. The number of likely N-dealkylation sites (tertiary alicyclic amines) is 1. The van der Waals surface area contributed by atoms with Gasteiger partial charge >= 0.3 is 0 Å². The molecule has 176 valence electrons. The maximum absolute atomic E-state index is 13.2. The first kappa shape index (κ1) is 23.1. The fraction of sp³-hybridized carbons (Fsp3) is 0.423. The number of amides is 1. The van der Waals surface area contributed by atoms with Gasteiger partial charge in [0.05, 0.1) is 20.8 Å². The summed E-state index contributed by atoms with van der Waals surface area (Å²) in [5.74, 6) is 1.48. The average Bonchev–Trinajstić information content (AvgIpc) is 3.22. The zero-order valence-corrected chi connectivity index (χ0v) is 19.7. The van der Waals surface area contributed by atoms with Crippen LogP contribution in [0.15, 0.2) is 48.5 Å². The number of nitrogens with one attached hydrogen (secondary N) is 1. The van der Waals surface area contributed by atoms with Crippen LogP contribution in [-0.2, 0) is 17.8 Å². The fourth-order valence-corrected chi connectivity index (χ4v) is 4.55. The quantitative estimate of drug-likeness (QED) is 0.538. The van der Waals surface area contributed by atoms with Crippen LogP contribution in [0.25, 0.3) is 10.9 Å². The van der Waals surface area contributed by atoms with Crippen molar-refractivity contribution in [2.45, 2.75) is 32.0 Å². The van der Waals surface area contributed by atoms with Gasteiger partial charge in [0.25, 0.3) is 5.91 Å². The molecule has 0 bridgehead atoms. The Bertz CT molecular complexity index is 1090. The second-order valence-electron chi connectivity index (χ2n) is 8.45. The molecular weight excluding hydrogens is 418 g/mol. The smallest absolute Gasteiger partial charge is 0.268 e. The van der Waals surface area contributed by atoms with E-state index < -0.39 is 0 Å². The first-order chi connectivity index (χ1) is 16.1. The normalized spacial score (nSPS) is 15.0. The van der Waals surface area contributed by atoms with E-state index in [9.17, 15) is 4.79 Å². The van der Waals surface area contributed by atoms with Crippen LogP contribution in [0.5, 0.6) is 11.5 Å². The Labute approximate surface area is 195 Å². The average molecular weight is 452 g/mol. The number of fused-ring (bicyclic) bond motifs is 1. The van der Waals surface area contributed by atoms with Gasteiger partial charge in [0.2, 0.25) is 0 Å². The van der Waals surface area contributed by atoms with Gasteiger partial charge in [0.15, 0.2) is 11.5 Å². The van der Waals surface area contributed by atoms with Gasteiger partial charge in [0, 0.05) is 50.2 Å². The van der Waals surface area contributed by atoms with Gasteiger partial charge in [-0.1, -0.05) is 24.3 Å². The van der Waals surface area contributed by atoms with Crippen molar-refractivity contribution in [2.75, 3.05) is 41.0 Å². The molecule has 0 unspecified atom stereocenters. The zero-order chi connectivity index (χ0) is 23.2. The lowest BCUT2D eigenvalue weighted by molar-refractivity contribution is 0.0897. The van der Waals surface area contributed by atoms with E-state index in [0.29, 0.717) is 18.8 Å². The summed E-state index contributed by atoms with van der Waals surface area (Å²) >= 11 is 0. The van der Waals surface area contributed by atoms with E-state index >= 15 is 0 Å². The number of aromatic nitrogens is 1. The Morgan fingerprint density at radius 2 is 1.76 bits per heavy atom. The molecule has 7 nitrogen and oxygen atoms in total. The molecule has 2 heterocycles. The summed E-state index contributed by atoms with van der Waals surface area (Å²) in [6, 6.07) is 16.3. The molecule has 2 aromatic carbocycles. The second kappa shape index (κ2) is 10.7. The van der Waals surface area contributed by atoms with Gasteiger partial charge in [-0.2, -0.15) is 0 Å². The van der Waals surface area contributed by atoms with Gasteiger partial charge in [-0.05, 0) is 42.7 Å². The Kier molecular flexibility index (Phi) is 7.52. The van der Waals surface area contributed by atoms with Crippen molar-refractivity contribution < 1.29 is 19.0 Å². The topological polar surface area (TPSA) is 65.0 Å². The van der Waals surface area contributed by atoms with Crippen molar-refractivity contribution in [3.8, 4) is 11.5 Å². The van der Waals surface area contributed by atoms with Crippen molar-refractivity contribution >= 4 is 16.8 Å². The van der Waals surface area contributed by atoms with Crippen molar-refractivity contribution in [3.05, 3.63) is 59.8 Å². The van der Waals surface area contributed by atoms with Crippen LogP contribution < -0.4 is 14.8 Å².